The van der Waals surface area contributed by atoms with Gasteiger partial charge in [-0.1, -0.05) is 30.9 Å². The molecule has 1 aromatic rings. The van der Waals surface area contributed by atoms with Crippen molar-refractivity contribution in [3.63, 3.8) is 0 Å². The van der Waals surface area contributed by atoms with Crippen molar-refractivity contribution in [2.45, 2.75) is 0 Å². The number of carbonyl (C=O) groups excluding carboxylic acids is 1. The summed E-state index contributed by atoms with van der Waals surface area (Å²) in [4.78, 5) is 11.1. The lowest BCUT2D eigenvalue weighted by atomic mass is 10.2. The van der Waals surface area contributed by atoms with E-state index in [0.29, 0.717) is 5.56 Å². The van der Waals surface area contributed by atoms with E-state index >= 15 is 0 Å². The van der Waals surface area contributed by atoms with Crippen molar-refractivity contribution in [2.75, 3.05) is 6.61 Å². The molecule has 0 amide bonds. The lowest BCUT2D eigenvalue weighted by Crippen LogP contribution is -2.23. The van der Waals surface area contributed by atoms with Crippen LogP contribution in [0.25, 0.3) is 0 Å². The van der Waals surface area contributed by atoms with E-state index in [2.05, 4.69) is 6.58 Å². The first-order valence-corrected chi connectivity index (χ1v) is 12.3. The third-order valence-electron chi connectivity index (χ3n) is 2.18. The molecular weight excluding hydrogens is 373 g/mol. The molecule has 0 bridgehead atoms. The van der Waals surface area contributed by atoms with Gasteiger partial charge < -0.3 is 25.3 Å². The van der Waals surface area contributed by atoms with Gasteiger partial charge in [-0.15, -0.1) is 0 Å². The van der Waals surface area contributed by atoms with Crippen LogP contribution in [0.5, 0.6) is 0 Å². The van der Waals surface area contributed by atoms with Crippen LogP contribution in [0.15, 0.2) is 43.0 Å². The summed E-state index contributed by atoms with van der Waals surface area (Å²) in [5.41, 5.74) is 0.569. The minimum atomic E-state index is -0.724. The fourth-order valence-corrected chi connectivity index (χ4v) is 10.3. The van der Waals surface area contributed by atoms with Gasteiger partial charge in [0.25, 0.3) is 50.0 Å². The predicted octanol–water partition coefficient (Wildman–Crippen LogP) is -2.89. The fourth-order valence-electron chi connectivity index (χ4n) is 1.26. The van der Waals surface area contributed by atoms with E-state index in [1.807, 2.05) is 6.07 Å². The lowest BCUT2D eigenvalue weighted by Gasteiger charge is -2.10. The number of benzene rings is 1. The Balaban J connectivity index is 0.000000224. The quantitative estimate of drug-likeness (QED) is 0.310. The normalized spacial score (nSPS) is 21.3. The van der Waals surface area contributed by atoms with Gasteiger partial charge in [0, 0.05) is 0 Å². The molecule has 0 aromatic heterocycles. The van der Waals surface area contributed by atoms with Crippen molar-refractivity contribution in [2.24, 2.45) is 0 Å². The number of ether oxygens (including phenoxy) is 1. The van der Waals surface area contributed by atoms with E-state index in [0.717, 1.165) is 0 Å². The monoisotopic (exact) mass is 392 g/mol. The van der Waals surface area contributed by atoms with Crippen LogP contribution in [0.4, 0.5) is 0 Å². The Morgan fingerprint density at radius 1 is 0.955 bits per heavy atom. The van der Waals surface area contributed by atoms with Crippen molar-refractivity contribution < 1.29 is 30.1 Å². The molecule has 2 rings (SSSR count). The molecule has 0 unspecified atom stereocenters. The van der Waals surface area contributed by atoms with Crippen molar-refractivity contribution in [1.29, 1.82) is 0 Å². The van der Waals surface area contributed by atoms with Crippen LogP contribution in [0.3, 0.4) is 0 Å². The fraction of sp³-hybridized carbons (Fsp3) is 0.100. The number of esters is 1. The van der Waals surface area contributed by atoms with Gasteiger partial charge in [0.2, 0.25) is 0 Å². The molecule has 22 heavy (non-hydrogen) atoms. The van der Waals surface area contributed by atoms with Gasteiger partial charge in [-0.25, -0.2) is 4.79 Å². The summed E-state index contributed by atoms with van der Waals surface area (Å²) in [6.07, 6.45) is 1.54. The van der Waals surface area contributed by atoms with Gasteiger partial charge >= 0.3 is 5.97 Å². The highest BCUT2D eigenvalue weighted by atomic mass is 28.4. The molecule has 0 spiro atoms. The SMILES string of the molecule is C=CCOC(=O)c1ccccc1.O1[SiH2]O[SiH2]O[SiH2]O[SiH2]O[SiH2]1. The first-order valence-electron chi connectivity index (χ1n) is 6.56. The van der Waals surface area contributed by atoms with Crippen LogP contribution in [0.1, 0.15) is 10.4 Å². The Bertz CT molecular complexity index is 388. The van der Waals surface area contributed by atoms with Crippen LogP contribution < -0.4 is 0 Å². The maximum Gasteiger partial charge on any atom is 0.338 e. The Morgan fingerprint density at radius 3 is 1.82 bits per heavy atom. The van der Waals surface area contributed by atoms with E-state index in [-0.39, 0.29) is 12.6 Å². The summed E-state index contributed by atoms with van der Waals surface area (Å²) >= 11 is 0. The lowest BCUT2D eigenvalue weighted by molar-refractivity contribution is 0.0549. The average Bonchev–Trinajstić information content (AvgIpc) is 2.59. The first-order chi connectivity index (χ1) is 10.8. The van der Waals surface area contributed by atoms with Gasteiger partial charge in [0.05, 0.1) is 5.56 Å². The molecule has 122 valence electrons. The summed E-state index contributed by atoms with van der Waals surface area (Å²) in [5, 5.41) is 0. The maximum atomic E-state index is 11.1. The van der Waals surface area contributed by atoms with Gasteiger partial charge in [0.15, 0.2) is 0 Å². The smallest absolute Gasteiger partial charge is 0.338 e. The van der Waals surface area contributed by atoms with Crippen molar-refractivity contribution in [1.82, 2.24) is 0 Å². The van der Waals surface area contributed by atoms with Crippen LogP contribution in [0.2, 0.25) is 0 Å². The summed E-state index contributed by atoms with van der Waals surface area (Å²) in [5.74, 6) is -0.310. The van der Waals surface area contributed by atoms with Crippen molar-refractivity contribution in [3.05, 3.63) is 48.6 Å². The van der Waals surface area contributed by atoms with Gasteiger partial charge in [0.1, 0.15) is 6.61 Å². The summed E-state index contributed by atoms with van der Waals surface area (Å²) in [6, 6.07) is 8.87. The molecule has 0 saturated carbocycles. The molecule has 0 radical (unpaired) electrons. The summed E-state index contributed by atoms with van der Waals surface area (Å²) in [6.45, 7) is 3.71. The van der Waals surface area contributed by atoms with Gasteiger partial charge in [-0.05, 0) is 12.1 Å². The van der Waals surface area contributed by atoms with E-state index in [1.165, 1.54) is 0 Å². The summed E-state index contributed by atoms with van der Waals surface area (Å²) in [7, 11) is -3.62. The molecule has 0 atom stereocenters. The Kier molecular flexibility index (Phi) is 12.3. The second-order valence-corrected chi connectivity index (χ2v) is 13.2. The zero-order valence-corrected chi connectivity index (χ0v) is 19.3. The molecule has 1 aromatic carbocycles. The van der Waals surface area contributed by atoms with Crippen molar-refractivity contribution >= 4 is 56.0 Å². The third kappa shape index (κ3) is 10.1. The topological polar surface area (TPSA) is 72.5 Å². The predicted molar refractivity (Wildman–Crippen MR) is 95.1 cm³/mol. The van der Waals surface area contributed by atoms with E-state index in [9.17, 15) is 4.79 Å². The molecule has 1 aliphatic heterocycles. The molecular formula is C10H20O7Si5. The minimum absolute atomic E-state index is 0.258. The van der Waals surface area contributed by atoms with Gasteiger partial charge in [-0.3, -0.25) is 0 Å². The summed E-state index contributed by atoms with van der Waals surface area (Å²) < 4.78 is 30.7. The van der Waals surface area contributed by atoms with Crippen LogP contribution in [0, 0.1) is 0 Å². The largest absolute Gasteiger partial charge is 0.458 e. The van der Waals surface area contributed by atoms with E-state index in [4.69, 9.17) is 25.3 Å². The number of rotatable bonds is 3. The molecule has 1 aliphatic rings. The number of hydrogen-bond donors (Lipinski definition) is 0. The molecule has 12 heteroatoms. The highest BCUT2D eigenvalue weighted by Gasteiger charge is 2.03. The second-order valence-electron chi connectivity index (χ2n) is 3.86. The third-order valence-corrected chi connectivity index (χ3v) is 8.84. The van der Waals surface area contributed by atoms with Crippen molar-refractivity contribution in [3.8, 4) is 0 Å². The number of carbonyl (C=O) groups is 1. The number of hydrogen-bond acceptors (Lipinski definition) is 7. The van der Waals surface area contributed by atoms with E-state index in [1.54, 1.807) is 30.3 Å². The Morgan fingerprint density at radius 2 is 1.41 bits per heavy atom. The highest BCUT2D eigenvalue weighted by Crippen LogP contribution is 2.00. The van der Waals surface area contributed by atoms with Crippen LogP contribution in [-0.4, -0.2) is 62.6 Å². The zero-order valence-electron chi connectivity index (χ0n) is 12.3. The molecule has 1 heterocycles. The highest BCUT2D eigenvalue weighted by molar-refractivity contribution is 6.50. The average molecular weight is 393 g/mol. The Labute approximate surface area is 141 Å². The molecule has 0 aliphatic carbocycles. The maximum absolute atomic E-state index is 11.1. The molecule has 1 fully saturated rings. The molecule has 7 nitrogen and oxygen atoms in total. The van der Waals surface area contributed by atoms with Gasteiger partial charge in [-0.2, -0.15) is 0 Å². The van der Waals surface area contributed by atoms with Crippen LogP contribution >= 0.6 is 0 Å². The van der Waals surface area contributed by atoms with Crippen LogP contribution in [-0.2, 0) is 25.3 Å². The molecule has 0 N–H and O–H groups in total. The standard InChI is InChI=1S/C10H10O2.H10O5Si5/c1-2-8-12-10(11)9-6-4-3-5-7-9;1-6-2-8-4-10-5-9-3-7-1/h2-7H,1,8H2;6-10H2. The second kappa shape index (κ2) is 13.9. The molecule has 1 saturated heterocycles. The minimum Gasteiger partial charge on any atom is -0.458 e. The Hall–Kier alpha value is -0.686. The first kappa shape index (κ1) is 19.4. The van der Waals surface area contributed by atoms with E-state index < -0.39 is 50.0 Å². The zero-order chi connectivity index (χ0) is 15.9.